The first kappa shape index (κ1) is 46.8. The summed E-state index contributed by atoms with van der Waals surface area (Å²) in [6.07, 6.45) is 8.04. The van der Waals surface area contributed by atoms with Crippen LogP contribution in [0, 0.1) is 34.5 Å². The molecule has 10 rings (SSSR count). The Morgan fingerprint density at radius 3 is 2.04 bits per heavy atom. The average molecular weight is 938 g/mol. The number of carboxylic acids is 2. The topological polar surface area (TPSA) is 171 Å². The predicted molar refractivity (Wildman–Crippen MR) is 257 cm³/mol. The van der Waals surface area contributed by atoms with Gasteiger partial charge < -0.3 is 29.5 Å². The quantitative estimate of drug-likeness (QED) is 0.109. The number of ether oxygens (including phenoxy) is 2. The average Bonchev–Trinajstić information content (AvgIpc) is 3.99. The Bertz CT molecular complexity index is 2680. The second kappa shape index (κ2) is 18.8. The number of hydrogen-bond donors (Lipinski definition) is 2. The van der Waals surface area contributed by atoms with Crippen molar-refractivity contribution in [1.82, 2.24) is 14.7 Å². The molecule has 4 aliphatic carbocycles. The van der Waals surface area contributed by atoms with Crippen molar-refractivity contribution in [2.24, 2.45) is 34.5 Å². The highest BCUT2D eigenvalue weighted by Gasteiger charge is 2.62. The molecule has 2 heterocycles. The lowest BCUT2D eigenvalue weighted by Crippen LogP contribution is -2.63. The van der Waals surface area contributed by atoms with Crippen molar-refractivity contribution in [2.45, 2.75) is 102 Å². The summed E-state index contributed by atoms with van der Waals surface area (Å²) in [5.74, 6) is -1.89. The maximum atomic E-state index is 14.4. The first-order chi connectivity index (χ1) is 33.2. The summed E-state index contributed by atoms with van der Waals surface area (Å²) in [6.45, 7) is 7.25. The van der Waals surface area contributed by atoms with Crippen LogP contribution >= 0.6 is 0 Å². The molecule has 0 spiro atoms. The zero-order valence-electron chi connectivity index (χ0n) is 39.6. The fourth-order valence-electron chi connectivity index (χ4n) is 14.4. The summed E-state index contributed by atoms with van der Waals surface area (Å²) >= 11 is 0. The molecule has 362 valence electrons. The van der Waals surface area contributed by atoms with E-state index in [4.69, 9.17) is 9.47 Å². The Balaban J connectivity index is 0.851. The smallest absolute Gasteiger partial charge is 0.339 e. The molecule has 4 aromatic rings. The van der Waals surface area contributed by atoms with Gasteiger partial charge in [0.15, 0.2) is 5.78 Å². The van der Waals surface area contributed by atoms with E-state index in [0.29, 0.717) is 68.9 Å². The van der Waals surface area contributed by atoms with Gasteiger partial charge in [-0.2, -0.15) is 0 Å². The number of Topliss-reactive ketones (excluding diaryl/α,β-unsaturated/α-hetero) is 1. The first-order valence-corrected chi connectivity index (χ1v) is 25.1. The number of esters is 1. The SMILES string of the molecule is CC12CC(N3CCN(C(=O)C4CCCN4C(=O)c4ccc5ccccc5c4)CC3)C(OC(=O)c3ccccc3C(=O)O)CC1CCC1C2CCC2(C)C(OCC(=O)c3ccccc3C(=O)O)CCC12. The Morgan fingerprint density at radius 1 is 0.667 bits per heavy atom. The number of carbonyl (C=O) groups excluding carboxylic acids is 4. The van der Waals surface area contributed by atoms with Crippen molar-refractivity contribution in [2.75, 3.05) is 39.3 Å². The van der Waals surface area contributed by atoms with Gasteiger partial charge in [-0.15, -0.1) is 0 Å². The number of amides is 2. The molecule has 4 saturated carbocycles. The number of likely N-dealkylation sites (tertiary alicyclic amines) is 1. The number of nitrogens with zero attached hydrogens (tertiary/aromatic N) is 3. The fourth-order valence-corrected chi connectivity index (χ4v) is 14.4. The third kappa shape index (κ3) is 8.53. The van der Waals surface area contributed by atoms with Crippen molar-refractivity contribution in [3.8, 4) is 0 Å². The highest BCUT2D eigenvalue weighted by Crippen LogP contribution is 2.67. The van der Waals surface area contributed by atoms with E-state index < -0.39 is 30.1 Å². The van der Waals surface area contributed by atoms with Gasteiger partial charge in [0.05, 0.1) is 22.8 Å². The van der Waals surface area contributed by atoms with E-state index in [0.717, 1.165) is 62.1 Å². The maximum absolute atomic E-state index is 14.4. The van der Waals surface area contributed by atoms with Crippen LogP contribution in [0.1, 0.15) is 130 Å². The molecule has 2 amide bonds. The van der Waals surface area contributed by atoms with Gasteiger partial charge in [-0.25, -0.2) is 14.4 Å². The molecule has 69 heavy (non-hydrogen) atoms. The van der Waals surface area contributed by atoms with Gasteiger partial charge in [0.2, 0.25) is 5.91 Å². The van der Waals surface area contributed by atoms with Crippen LogP contribution in [-0.2, 0) is 14.3 Å². The van der Waals surface area contributed by atoms with Crippen LogP contribution in [0.15, 0.2) is 91.0 Å². The summed E-state index contributed by atoms with van der Waals surface area (Å²) in [5.41, 5.74) is 0.469. The molecule has 2 aliphatic heterocycles. The third-order valence-corrected chi connectivity index (χ3v) is 18.0. The Hall–Kier alpha value is -5.92. The van der Waals surface area contributed by atoms with Gasteiger partial charge in [0.25, 0.3) is 5.91 Å². The van der Waals surface area contributed by atoms with E-state index in [1.807, 2.05) is 47.4 Å². The summed E-state index contributed by atoms with van der Waals surface area (Å²) < 4.78 is 13.0. The van der Waals surface area contributed by atoms with Gasteiger partial charge in [-0.1, -0.05) is 74.5 Å². The van der Waals surface area contributed by atoms with Crippen LogP contribution < -0.4 is 0 Å². The van der Waals surface area contributed by atoms with Crippen LogP contribution in [0.25, 0.3) is 10.8 Å². The molecule has 2 N–H and O–H groups in total. The Labute approximate surface area is 403 Å². The highest BCUT2D eigenvalue weighted by atomic mass is 16.5. The molecule has 2 saturated heterocycles. The normalized spacial score (nSPS) is 31.0. The minimum Gasteiger partial charge on any atom is -0.478 e. The zero-order chi connectivity index (χ0) is 48.2. The zero-order valence-corrected chi connectivity index (χ0v) is 39.6. The van der Waals surface area contributed by atoms with E-state index in [1.165, 1.54) is 18.2 Å². The molecule has 4 aromatic carbocycles. The number of ketones is 1. The van der Waals surface area contributed by atoms with Crippen molar-refractivity contribution >= 4 is 46.3 Å². The molecule has 0 bridgehead atoms. The van der Waals surface area contributed by atoms with Crippen LogP contribution in [-0.4, -0.2) is 124 Å². The minimum absolute atomic E-state index is 0.0166. The summed E-state index contributed by atoms with van der Waals surface area (Å²) in [7, 11) is 0. The second-order valence-corrected chi connectivity index (χ2v) is 21.2. The van der Waals surface area contributed by atoms with Crippen LogP contribution in [0.5, 0.6) is 0 Å². The molecule has 10 unspecified atom stereocenters. The standard InChI is InChI=1S/C56H63N3O10/c1-55-24-23-44-42(43(55)21-22-49(55)68-33-47(60)38-12-5-6-13-39(38)52(63)64)20-19-37-31-48(69-54(67)41-15-8-7-14-40(41)53(65)66)46(32-56(37,44)2)57-26-28-58(29-27-57)51(62)45-16-9-25-59(45)50(61)36-18-17-34-10-3-4-11-35(34)30-36/h3-8,10-15,17-18,30,37,42-46,48-49H,9,16,19-29,31-33H2,1-2H3,(H,63,64)(H,65,66). The largest absolute Gasteiger partial charge is 0.478 e. The van der Waals surface area contributed by atoms with Gasteiger partial charge in [0.1, 0.15) is 18.8 Å². The van der Waals surface area contributed by atoms with E-state index in [9.17, 15) is 39.0 Å². The number of aromatic carboxylic acids is 2. The minimum atomic E-state index is -1.19. The molecular weight excluding hydrogens is 875 g/mol. The maximum Gasteiger partial charge on any atom is 0.339 e. The van der Waals surface area contributed by atoms with Crippen molar-refractivity contribution in [3.05, 3.63) is 119 Å². The first-order valence-electron chi connectivity index (χ1n) is 25.1. The van der Waals surface area contributed by atoms with Gasteiger partial charge in [-0.3, -0.25) is 19.3 Å². The van der Waals surface area contributed by atoms with Crippen LogP contribution in [0.2, 0.25) is 0 Å². The number of carbonyl (C=O) groups is 6. The third-order valence-electron chi connectivity index (χ3n) is 18.0. The number of piperazine rings is 1. The van der Waals surface area contributed by atoms with Gasteiger partial charge in [0, 0.05) is 49.9 Å². The lowest BCUT2D eigenvalue weighted by Gasteiger charge is -2.63. The van der Waals surface area contributed by atoms with Crippen molar-refractivity contribution < 1.29 is 48.5 Å². The summed E-state index contributed by atoms with van der Waals surface area (Å²) in [4.78, 5) is 85.8. The Kier molecular flexibility index (Phi) is 12.7. The number of fused-ring (bicyclic) bond motifs is 6. The summed E-state index contributed by atoms with van der Waals surface area (Å²) in [5, 5.41) is 21.7. The van der Waals surface area contributed by atoms with E-state index in [2.05, 4.69) is 18.7 Å². The Morgan fingerprint density at radius 2 is 1.32 bits per heavy atom. The lowest BCUT2D eigenvalue weighted by molar-refractivity contribution is -0.161. The molecule has 6 aliphatic rings. The predicted octanol–water partition coefficient (Wildman–Crippen LogP) is 8.50. The van der Waals surface area contributed by atoms with E-state index >= 15 is 0 Å². The number of carboxylic acid groups (broad SMARTS) is 2. The van der Waals surface area contributed by atoms with Crippen molar-refractivity contribution in [3.63, 3.8) is 0 Å². The molecule has 13 nitrogen and oxygen atoms in total. The molecule has 10 atom stereocenters. The number of hydrogen-bond acceptors (Lipinski definition) is 9. The molecular formula is C56H63N3O10. The molecule has 6 fully saturated rings. The molecule has 13 heteroatoms. The summed E-state index contributed by atoms with van der Waals surface area (Å²) in [6, 6.07) is 25.5. The molecule has 0 radical (unpaired) electrons. The van der Waals surface area contributed by atoms with Crippen LogP contribution in [0.4, 0.5) is 0 Å². The lowest BCUT2D eigenvalue weighted by atomic mass is 9.44. The van der Waals surface area contributed by atoms with Crippen molar-refractivity contribution in [1.29, 1.82) is 0 Å². The number of benzene rings is 4. The monoisotopic (exact) mass is 937 g/mol. The van der Waals surface area contributed by atoms with Gasteiger partial charge in [-0.05, 0) is 140 Å². The van der Waals surface area contributed by atoms with Gasteiger partial charge >= 0.3 is 17.9 Å². The fraction of sp³-hybridized carbons (Fsp3) is 0.500. The second-order valence-electron chi connectivity index (χ2n) is 21.2. The number of rotatable bonds is 11. The van der Waals surface area contributed by atoms with Crippen LogP contribution in [0.3, 0.4) is 0 Å². The van der Waals surface area contributed by atoms with E-state index in [1.54, 1.807) is 35.2 Å². The highest BCUT2D eigenvalue weighted by molar-refractivity contribution is 6.06. The van der Waals surface area contributed by atoms with E-state index in [-0.39, 0.29) is 75.4 Å². The molecule has 0 aromatic heterocycles.